The predicted octanol–water partition coefficient (Wildman–Crippen LogP) is 4.38. The van der Waals surface area contributed by atoms with Gasteiger partial charge in [0, 0.05) is 4.90 Å². The molecule has 1 amide bonds. The summed E-state index contributed by atoms with van der Waals surface area (Å²) < 4.78 is 4.97. The van der Waals surface area contributed by atoms with Gasteiger partial charge in [0.15, 0.2) is 0 Å². The van der Waals surface area contributed by atoms with E-state index in [1.807, 2.05) is 12.1 Å². The highest BCUT2D eigenvalue weighted by molar-refractivity contribution is 8.00. The highest BCUT2D eigenvalue weighted by atomic mass is 35.5. The summed E-state index contributed by atoms with van der Waals surface area (Å²) in [5.74, 6) is -0.00798. The lowest BCUT2D eigenvalue weighted by atomic mass is 10.2. The van der Waals surface area contributed by atoms with Crippen molar-refractivity contribution >= 4 is 40.6 Å². The second-order valence-electron chi connectivity index (χ2n) is 4.82. The molecule has 0 fully saturated rings. The minimum Gasteiger partial charge on any atom is -0.496 e. The number of anilines is 1. The van der Waals surface area contributed by atoms with Gasteiger partial charge in [-0.15, -0.1) is 11.8 Å². The van der Waals surface area contributed by atoms with Gasteiger partial charge >= 0.3 is 0 Å². The Balaban J connectivity index is 2.14. The van der Waals surface area contributed by atoms with Crippen molar-refractivity contribution in [2.24, 2.45) is 0 Å². The Morgan fingerprint density at radius 3 is 2.67 bits per heavy atom. The third-order valence-electron chi connectivity index (χ3n) is 3.17. The number of thioether (sulfide) groups is 1. The SMILES string of the molecule is COc1ccc(NC(=O)[C@H](C)Sc2ccccc2Cl)c([N+](=O)[O-])c1. The minimum atomic E-state index is -0.565. The number of amides is 1. The zero-order valence-electron chi connectivity index (χ0n) is 13.0. The zero-order chi connectivity index (χ0) is 17.7. The number of rotatable bonds is 6. The van der Waals surface area contributed by atoms with E-state index in [1.165, 1.54) is 31.0 Å². The van der Waals surface area contributed by atoms with Crippen molar-refractivity contribution in [1.82, 2.24) is 0 Å². The smallest absolute Gasteiger partial charge is 0.296 e. The molecule has 24 heavy (non-hydrogen) atoms. The molecular weight excluding hydrogens is 352 g/mol. The van der Waals surface area contributed by atoms with Crippen molar-refractivity contribution in [3.8, 4) is 5.75 Å². The Morgan fingerprint density at radius 2 is 2.04 bits per heavy atom. The summed E-state index contributed by atoms with van der Waals surface area (Å²) in [6, 6.07) is 11.4. The fourth-order valence-corrected chi connectivity index (χ4v) is 3.07. The molecule has 2 rings (SSSR count). The van der Waals surface area contributed by atoms with Crippen LogP contribution in [0.25, 0.3) is 0 Å². The van der Waals surface area contributed by atoms with E-state index < -0.39 is 10.2 Å². The molecule has 1 N–H and O–H groups in total. The second kappa shape index (κ2) is 8.03. The van der Waals surface area contributed by atoms with Crippen molar-refractivity contribution in [2.45, 2.75) is 17.1 Å². The molecule has 0 saturated carbocycles. The van der Waals surface area contributed by atoms with Gasteiger partial charge in [-0.1, -0.05) is 23.7 Å². The first kappa shape index (κ1) is 18.1. The molecular formula is C16H15ClN2O4S. The predicted molar refractivity (Wildman–Crippen MR) is 95.0 cm³/mol. The van der Waals surface area contributed by atoms with Crippen LogP contribution in [0.1, 0.15) is 6.92 Å². The maximum absolute atomic E-state index is 12.3. The number of nitro groups is 1. The third-order valence-corrected chi connectivity index (χ3v) is 4.79. The first-order chi connectivity index (χ1) is 11.4. The van der Waals surface area contributed by atoms with Gasteiger partial charge in [0.05, 0.1) is 28.4 Å². The van der Waals surface area contributed by atoms with E-state index in [0.717, 1.165) is 4.90 Å². The molecule has 0 unspecified atom stereocenters. The van der Waals surface area contributed by atoms with E-state index in [9.17, 15) is 14.9 Å². The number of ether oxygens (including phenoxy) is 1. The lowest BCUT2D eigenvalue weighted by molar-refractivity contribution is -0.384. The summed E-state index contributed by atoms with van der Waals surface area (Å²) in [6.45, 7) is 1.71. The maximum atomic E-state index is 12.3. The van der Waals surface area contributed by atoms with Crippen molar-refractivity contribution in [3.63, 3.8) is 0 Å². The molecule has 0 saturated heterocycles. The van der Waals surface area contributed by atoms with E-state index in [0.29, 0.717) is 10.8 Å². The van der Waals surface area contributed by atoms with E-state index in [4.69, 9.17) is 16.3 Å². The van der Waals surface area contributed by atoms with Crippen LogP contribution in [-0.2, 0) is 4.79 Å². The largest absolute Gasteiger partial charge is 0.496 e. The van der Waals surface area contributed by atoms with E-state index in [-0.39, 0.29) is 17.3 Å². The summed E-state index contributed by atoms with van der Waals surface area (Å²) in [7, 11) is 1.42. The summed E-state index contributed by atoms with van der Waals surface area (Å²) in [4.78, 5) is 23.7. The summed E-state index contributed by atoms with van der Waals surface area (Å²) in [5.41, 5.74) is -0.102. The van der Waals surface area contributed by atoms with Gasteiger partial charge in [0.1, 0.15) is 11.4 Å². The number of hydrogen-bond donors (Lipinski definition) is 1. The number of nitrogens with zero attached hydrogens (tertiary/aromatic N) is 1. The van der Waals surface area contributed by atoms with Crippen LogP contribution in [0.4, 0.5) is 11.4 Å². The Labute approximate surface area is 148 Å². The van der Waals surface area contributed by atoms with Crippen LogP contribution in [-0.4, -0.2) is 23.2 Å². The van der Waals surface area contributed by atoms with Crippen LogP contribution in [0, 0.1) is 10.1 Å². The number of benzene rings is 2. The summed E-state index contributed by atoms with van der Waals surface area (Å²) >= 11 is 7.36. The quantitative estimate of drug-likeness (QED) is 0.466. The lowest BCUT2D eigenvalue weighted by Gasteiger charge is -2.13. The van der Waals surface area contributed by atoms with Gasteiger partial charge in [0.2, 0.25) is 5.91 Å². The van der Waals surface area contributed by atoms with Crippen LogP contribution in [0.15, 0.2) is 47.4 Å². The molecule has 0 aliphatic rings. The zero-order valence-corrected chi connectivity index (χ0v) is 14.6. The molecule has 0 radical (unpaired) electrons. The Hall–Kier alpha value is -2.25. The van der Waals surface area contributed by atoms with Gasteiger partial charge in [-0.3, -0.25) is 14.9 Å². The van der Waals surface area contributed by atoms with Crippen molar-refractivity contribution in [1.29, 1.82) is 0 Å². The van der Waals surface area contributed by atoms with Crippen LogP contribution < -0.4 is 10.1 Å². The summed E-state index contributed by atoms with van der Waals surface area (Å²) in [6.07, 6.45) is 0. The van der Waals surface area contributed by atoms with Gasteiger partial charge in [0.25, 0.3) is 5.69 Å². The van der Waals surface area contributed by atoms with Crippen molar-refractivity contribution in [2.75, 3.05) is 12.4 Å². The van der Waals surface area contributed by atoms with Crippen molar-refractivity contribution in [3.05, 3.63) is 57.6 Å². The number of carbonyl (C=O) groups is 1. The minimum absolute atomic E-state index is 0.123. The molecule has 126 valence electrons. The van der Waals surface area contributed by atoms with E-state index in [1.54, 1.807) is 25.1 Å². The lowest BCUT2D eigenvalue weighted by Crippen LogP contribution is -2.22. The first-order valence-corrected chi connectivity index (χ1v) is 8.22. The average molecular weight is 367 g/mol. The summed E-state index contributed by atoms with van der Waals surface area (Å²) in [5, 5.41) is 13.8. The van der Waals surface area contributed by atoms with Gasteiger partial charge in [-0.2, -0.15) is 0 Å². The van der Waals surface area contributed by atoms with Gasteiger partial charge < -0.3 is 10.1 Å². The van der Waals surface area contributed by atoms with Gasteiger partial charge in [-0.05, 0) is 31.2 Å². The molecule has 2 aromatic rings. The number of halogens is 1. The molecule has 6 nitrogen and oxygen atoms in total. The Kier molecular flexibility index (Phi) is 6.05. The molecule has 0 aliphatic carbocycles. The van der Waals surface area contributed by atoms with Crippen LogP contribution >= 0.6 is 23.4 Å². The van der Waals surface area contributed by atoms with E-state index in [2.05, 4.69) is 5.32 Å². The molecule has 1 atom stereocenters. The number of hydrogen-bond acceptors (Lipinski definition) is 5. The Morgan fingerprint density at radius 1 is 1.33 bits per heavy atom. The third kappa shape index (κ3) is 4.39. The number of carbonyl (C=O) groups excluding carboxylic acids is 1. The average Bonchev–Trinajstić information content (AvgIpc) is 2.57. The number of nitro benzene ring substituents is 1. The van der Waals surface area contributed by atoms with Gasteiger partial charge in [-0.25, -0.2) is 0 Å². The highest BCUT2D eigenvalue weighted by Crippen LogP contribution is 2.32. The fourth-order valence-electron chi connectivity index (χ4n) is 1.91. The monoisotopic (exact) mass is 366 g/mol. The topological polar surface area (TPSA) is 81.5 Å². The second-order valence-corrected chi connectivity index (χ2v) is 6.61. The molecule has 8 heteroatoms. The van der Waals surface area contributed by atoms with Crippen LogP contribution in [0.5, 0.6) is 5.75 Å². The maximum Gasteiger partial charge on any atom is 0.296 e. The fraction of sp³-hybridized carbons (Fsp3) is 0.188. The standard InChI is InChI=1S/C16H15ClN2O4S/c1-10(24-15-6-4-3-5-12(15)17)16(20)18-13-8-7-11(23-2)9-14(13)19(21)22/h3-10H,1-2H3,(H,18,20)/t10-/m0/s1. The molecule has 0 aliphatic heterocycles. The molecule has 0 spiro atoms. The highest BCUT2D eigenvalue weighted by Gasteiger charge is 2.21. The van der Waals surface area contributed by atoms with Crippen molar-refractivity contribution < 1.29 is 14.5 Å². The first-order valence-electron chi connectivity index (χ1n) is 6.97. The number of methoxy groups -OCH3 is 1. The Bertz CT molecular complexity index is 769. The molecule has 0 heterocycles. The normalized spacial score (nSPS) is 11.6. The van der Waals surface area contributed by atoms with Crippen LogP contribution in [0.3, 0.4) is 0 Å². The van der Waals surface area contributed by atoms with Crippen LogP contribution in [0.2, 0.25) is 5.02 Å². The molecule has 0 aromatic heterocycles. The molecule has 2 aromatic carbocycles. The molecule has 0 bridgehead atoms. The number of nitrogens with one attached hydrogen (secondary N) is 1. The van der Waals surface area contributed by atoms with E-state index >= 15 is 0 Å².